The molecule has 0 unspecified atom stereocenters. The van der Waals surface area contributed by atoms with Gasteiger partial charge in [0.1, 0.15) is 18.3 Å². The number of imidazole rings is 1. The van der Waals surface area contributed by atoms with E-state index in [9.17, 15) is 15.0 Å². The van der Waals surface area contributed by atoms with Gasteiger partial charge in [0.15, 0.2) is 5.69 Å². The quantitative estimate of drug-likeness (QED) is 0.395. The van der Waals surface area contributed by atoms with Gasteiger partial charge in [-0.05, 0) is 0 Å². The first-order valence-corrected chi connectivity index (χ1v) is 5.17. The van der Waals surface area contributed by atoms with Crippen molar-refractivity contribution in [3.05, 3.63) is 12.0 Å². The third-order valence-electron chi connectivity index (χ3n) is 2.58. The van der Waals surface area contributed by atoms with Gasteiger partial charge in [-0.3, -0.25) is 4.79 Å². The Morgan fingerprint density at radius 2 is 2.28 bits per heavy atom. The van der Waals surface area contributed by atoms with E-state index in [1.807, 2.05) is 0 Å². The maximum Gasteiger partial charge on any atom is 0.270 e. The van der Waals surface area contributed by atoms with Crippen molar-refractivity contribution in [1.29, 1.82) is 0 Å². The smallest absolute Gasteiger partial charge is 0.270 e. The number of H-pyrrole nitrogens is 1. The second kappa shape index (κ2) is 4.90. The minimum atomic E-state index is -1.36. The molecule has 1 fully saturated rings. The van der Waals surface area contributed by atoms with Crippen LogP contribution in [0.2, 0.25) is 0 Å². The first-order valence-electron chi connectivity index (χ1n) is 5.17. The predicted molar refractivity (Wildman–Crippen MR) is 55.5 cm³/mol. The molecule has 1 aromatic heterocycles. The lowest BCUT2D eigenvalue weighted by molar-refractivity contribution is -0.118. The number of amides is 1. The topological polar surface area (TPSA) is 151 Å². The highest BCUT2D eigenvalue weighted by molar-refractivity contribution is 5.93. The largest absolute Gasteiger partial charge is 0.443 e. The summed E-state index contributed by atoms with van der Waals surface area (Å²) in [4.78, 5) is 17.2. The molecule has 0 bridgehead atoms. The van der Waals surface area contributed by atoms with Crippen LogP contribution in [0.4, 0.5) is 0 Å². The first kappa shape index (κ1) is 12.8. The Morgan fingerprint density at radius 1 is 1.56 bits per heavy atom. The molecule has 6 N–H and O–H groups in total. The summed E-state index contributed by atoms with van der Waals surface area (Å²) in [6.07, 6.45) is -3.65. The summed E-state index contributed by atoms with van der Waals surface area (Å²) in [6.45, 7) is -0.471. The monoisotopic (exact) mass is 259 g/mol. The molecule has 1 aliphatic rings. The Morgan fingerprint density at radius 3 is 2.83 bits per heavy atom. The number of ether oxygens (including phenoxy) is 2. The zero-order valence-electron chi connectivity index (χ0n) is 9.18. The number of carbonyl (C=O) groups excluding carboxylic acids is 1. The third-order valence-corrected chi connectivity index (χ3v) is 2.58. The van der Waals surface area contributed by atoms with Gasteiger partial charge < -0.3 is 35.5 Å². The normalized spacial score (nSPS) is 31.5. The van der Waals surface area contributed by atoms with E-state index >= 15 is 0 Å². The van der Waals surface area contributed by atoms with Gasteiger partial charge in [0, 0.05) is 0 Å². The Hall–Kier alpha value is -1.68. The number of nitrogens with zero attached hydrogens (tertiary/aromatic N) is 1. The lowest BCUT2D eigenvalue weighted by Crippen LogP contribution is -2.36. The summed E-state index contributed by atoms with van der Waals surface area (Å²) in [5, 5.41) is 28.0. The van der Waals surface area contributed by atoms with Crippen molar-refractivity contribution in [1.82, 2.24) is 9.97 Å². The van der Waals surface area contributed by atoms with Crippen molar-refractivity contribution in [3.8, 4) is 5.88 Å². The van der Waals surface area contributed by atoms with Crippen molar-refractivity contribution >= 4 is 5.91 Å². The van der Waals surface area contributed by atoms with Crippen LogP contribution in [-0.4, -0.2) is 62.4 Å². The Kier molecular flexibility index (Phi) is 3.48. The zero-order valence-corrected chi connectivity index (χ0v) is 9.18. The maximum atomic E-state index is 11.0. The molecule has 9 heteroatoms. The molecule has 2 heterocycles. The number of nitrogens with one attached hydrogen (secondary N) is 1. The van der Waals surface area contributed by atoms with E-state index in [0.717, 1.165) is 0 Å². The lowest BCUT2D eigenvalue weighted by atomic mass is 10.1. The van der Waals surface area contributed by atoms with Gasteiger partial charge in [-0.2, -0.15) is 0 Å². The molecule has 1 saturated heterocycles. The highest BCUT2D eigenvalue weighted by Gasteiger charge is 2.44. The van der Waals surface area contributed by atoms with Crippen molar-refractivity contribution in [3.63, 3.8) is 0 Å². The Labute approximate surface area is 101 Å². The number of hydrogen-bond donors (Lipinski definition) is 5. The summed E-state index contributed by atoms with van der Waals surface area (Å²) in [5.74, 6) is -0.924. The molecular weight excluding hydrogens is 246 g/mol. The van der Waals surface area contributed by atoms with Gasteiger partial charge in [-0.15, -0.1) is 0 Å². The minimum absolute atomic E-state index is 0.0762. The number of aliphatic hydroxyl groups is 3. The number of nitrogens with two attached hydrogens (primary N) is 1. The molecule has 4 atom stereocenters. The van der Waals surface area contributed by atoms with Crippen LogP contribution < -0.4 is 10.5 Å². The van der Waals surface area contributed by atoms with Crippen LogP contribution in [0.25, 0.3) is 0 Å². The number of aromatic amines is 1. The number of primary amides is 1. The van der Waals surface area contributed by atoms with Crippen LogP contribution in [0, 0.1) is 0 Å². The number of carbonyl (C=O) groups is 1. The summed E-state index contributed by atoms with van der Waals surface area (Å²) in [7, 11) is 0. The van der Waals surface area contributed by atoms with Crippen molar-refractivity contribution < 1.29 is 29.6 Å². The van der Waals surface area contributed by atoms with Crippen LogP contribution >= 0.6 is 0 Å². The van der Waals surface area contributed by atoms with Crippen LogP contribution in [0.1, 0.15) is 10.5 Å². The molecule has 0 aromatic carbocycles. The summed E-state index contributed by atoms with van der Waals surface area (Å²) < 4.78 is 10.2. The van der Waals surface area contributed by atoms with E-state index in [1.165, 1.54) is 6.33 Å². The van der Waals surface area contributed by atoms with E-state index in [0.29, 0.717) is 0 Å². The molecular formula is C9H13N3O6. The van der Waals surface area contributed by atoms with Crippen LogP contribution in [0.15, 0.2) is 6.33 Å². The fourth-order valence-electron chi connectivity index (χ4n) is 1.62. The fourth-order valence-corrected chi connectivity index (χ4v) is 1.62. The number of hydrogen-bond acceptors (Lipinski definition) is 7. The van der Waals surface area contributed by atoms with E-state index in [1.54, 1.807) is 0 Å². The summed E-state index contributed by atoms with van der Waals surface area (Å²) in [5.41, 5.74) is 4.99. The molecule has 0 radical (unpaired) electrons. The first-order chi connectivity index (χ1) is 8.54. The molecule has 100 valence electrons. The van der Waals surface area contributed by atoms with Crippen molar-refractivity contribution in [2.45, 2.75) is 24.6 Å². The molecule has 0 saturated carbocycles. The van der Waals surface area contributed by atoms with E-state index in [-0.39, 0.29) is 11.6 Å². The second-order valence-corrected chi connectivity index (χ2v) is 3.77. The minimum Gasteiger partial charge on any atom is -0.443 e. The average molecular weight is 259 g/mol. The van der Waals surface area contributed by atoms with Crippen LogP contribution in [-0.2, 0) is 4.74 Å². The van der Waals surface area contributed by atoms with Crippen molar-refractivity contribution in [2.24, 2.45) is 5.73 Å². The molecule has 1 aromatic rings. The van der Waals surface area contributed by atoms with Crippen LogP contribution in [0.5, 0.6) is 5.88 Å². The Balaban J connectivity index is 2.10. The van der Waals surface area contributed by atoms with Crippen LogP contribution in [0.3, 0.4) is 0 Å². The van der Waals surface area contributed by atoms with Gasteiger partial charge in [0.05, 0.1) is 12.9 Å². The van der Waals surface area contributed by atoms with E-state index in [4.69, 9.17) is 20.3 Å². The van der Waals surface area contributed by atoms with Crippen molar-refractivity contribution in [2.75, 3.05) is 6.61 Å². The molecule has 1 amide bonds. The Bertz CT molecular complexity index is 436. The van der Waals surface area contributed by atoms with Gasteiger partial charge in [0.25, 0.3) is 5.91 Å². The average Bonchev–Trinajstić information content (AvgIpc) is 2.89. The molecule has 0 aliphatic carbocycles. The number of aromatic nitrogens is 2. The zero-order chi connectivity index (χ0) is 13.3. The third kappa shape index (κ3) is 2.16. The lowest BCUT2D eigenvalue weighted by Gasteiger charge is -2.15. The van der Waals surface area contributed by atoms with Gasteiger partial charge >= 0.3 is 0 Å². The number of aliphatic hydroxyl groups excluding tert-OH is 3. The molecule has 1 aliphatic heterocycles. The molecule has 0 spiro atoms. The van der Waals surface area contributed by atoms with E-state index < -0.39 is 37.1 Å². The second-order valence-electron chi connectivity index (χ2n) is 3.77. The maximum absolute atomic E-state index is 11.0. The highest BCUT2D eigenvalue weighted by Crippen LogP contribution is 2.24. The summed E-state index contributed by atoms with van der Waals surface area (Å²) in [6, 6.07) is 0. The SMILES string of the molecule is NC(=O)c1[nH]cnc1O[C@@H]1O[C@H](CO)[C@H](O)[C@@H]1O. The molecule has 18 heavy (non-hydrogen) atoms. The summed E-state index contributed by atoms with van der Waals surface area (Å²) >= 11 is 0. The molecule has 2 rings (SSSR count). The number of rotatable bonds is 4. The van der Waals surface area contributed by atoms with Gasteiger partial charge in [0.2, 0.25) is 12.2 Å². The van der Waals surface area contributed by atoms with Gasteiger partial charge in [-0.1, -0.05) is 0 Å². The predicted octanol–water partition coefficient (Wildman–Crippen LogP) is -2.67. The standard InChI is InChI=1S/C9H13N3O6/c10-7(16)4-8(12-2-11-4)18-9-6(15)5(14)3(1-13)17-9/h2-3,5-6,9,13-15H,1H2,(H2,10,16)(H,11,12)/t3-,5+,6+,9+/m1/s1. The highest BCUT2D eigenvalue weighted by atomic mass is 16.7. The van der Waals surface area contributed by atoms with Gasteiger partial charge in [-0.25, -0.2) is 4.98 Å². The fraction of sp³-hybridized carbons (Fsp3) is 0.556. The van der Waals surface area contributed by atoms with E-state index in [2.05, 4.69) is 9.97 Å². The molecule has 9 nitrogen and oxygen atoms in total.